The van der Waals surface area contributed by atoms with Gasteiger partial charge in [-0.15, -0.1) is 11.3 Å². The van der Waals surface area contributed by atoms with Crippen LogP contribution in [0.25, 0.3) is 0 Å². The Morgan fingerprint density at radius 1 is 1.04 bits per heavy atom. The molecule has 4 heteroatoms. The molecule has 0 fully saturated rings. The Labute approximate surface area is 161 Å². The van der Waals surface area contributed by atoms with Crippen LogP contribution in [0, 0.1) is 13.8 Å². The first-order chi connectivity index (χ1) is 12.5. The number of nitrogens with zero attached hydrogens (tertiary/aromatic N) is 3. The van der Waals surface area contributed by atoms with Gasteiger partial charge < -0.3 is 0 Å². The van der Waals surface area contributed by atoms with Crippen LogP contribution in [-0.4, -0.2) is 21.2 Å². The zero-order valence-electron chi connectivity index (χ0n) is 16.3. The molecule has 1 aromatic carbocycles. The highest BCUT2D eigenvalue weighted by Crippen LogP contribution is 2.21. The minimum absolute atomic E-state index is 0.400. The molecule has 0 unspecified atom stereocenters. The van der Waals surface area contributed by atoms with Gasteiger partial charge in [-0.1, -0.05) is 36.4 Å². The standard InChI is InChI=1S/C22H29N3S/c1-17(2)25-19(4)22(18(3)23-25)16-24(15-21-11-8-14-26-21)13-12-20-9-6-5-7-10-20/h5-11,14,17H,12-13,15-16H2,1-4H3. The van der Waals surface area contributed by atoms with E-state index in [2.05, 4.69) is 85.1 Å². The van der Waals surface area contributed by atoms with E-state index in [0.29, 0.717) is 6.04 Å². The van der Waals surface area contributed by atoms with Crippen molar-refractivity contribution in [3.8, 4) is 0 Å². The Morgan fingerprint density at radius 2 is 1.81 bits per heavy atom. The molecule has 0 radical (unpaired) electrons. The number of rotatable bonds is 8. The van der Waals surface area contributed by atoms with Gasteiger partial charge in [-0.05, 0) is 51.1 Å². The lowest BCUT2D eigenvalue weighted by Gasteiger charge is -2.22. The van der Waals surface area contributed by atoms with Crippen molar-refractivity contribution in [3.05, 3.63) is 75.2 Å². The van der Waals surface area contributed by atoms with Crippen LogP contribution in [0.15, 0.2) is 47.8 Å². The third-order valence-corrected chi connectivity index (χ3v) is 5.73. The van der Waals surface area contributed by atoms with Crippen molar-refractivity contribution >= 4 is 11.3 Å². The molecular weight excluding hydrogens is 338 g/mol. The average molecular weight is 368 g/mol. The largest absolute Gasteiger partial charge is 0.294 e. The van der Waals surface area contributed by atoms with Crippen molar-refractivity contribution in [1.82, 2.24) is 14.7 Å². The summed E-state index contributed by atoms with van der Waals surface area (Å²) < 4.78 is 2.16. The van der Waals surface area contributed by atoms with Crippen molar-refractivity contribution in [2.75, 3.05) is 6.54 Å². The lowest BCUT2D eigenvalue weighted by Crippen LogP contribution is -2.25. The zero-order valence-corrected chi connectivity index (χ0v) is 17.1. The number of hydrogen-bond donors (Lipinski definition) is 0. The summed E-state index contributed by atoms with van der Waals surface area (Å²) in [4.78, 5) is 3.98. The molecular formula is C22H29N3S. The molecule has 0 aliphatic rings. The second-order valence-electron chi connectivity index (χ2n) is 7.21. The van der Waals surface area contributed by atoms with Gasteiger partial charge in [-0.2, -0.15) is 5.10 Å². The molecule has 0 atom stereocenters. The van der Waals surface area contributed by atoms with Gasteiger partial charge in [-0.25, -0.2) is 0 Å². The molecule has 2 heterocycles. The van der Waals surface area contributed by atoms with Crippen molar-refractivity contribution in [2.24, 2.45) is 0 Å². The third kappa shape index (κ3) is 4.63. The fourth-order valence-corrected chi connectivity index (χ4v) is 4.17. The minimum atomic E-state index is 0.400. The Hall–Kier alpha value is -1.91. The van der Waals surface area contributed by atoms with Crippen LogP contribution in [0.4, 0.5) is 0 Å². The summed E-state index contributed by atoms with van der Waals surface area (Å²) in [5, 5.41) is 6.94. The predicted octanol–water partition coefficient (Wildman–Crippen LogP) is 5.39. The Morgan fingerprint density at radius 3 is 2.42 bits per heavy atom. The molecule has 3 aromatic rings. The summed E-state index contributed by atoms with van der Waals surface area (Å²) >= 11 is 1.84. The monoisotopic (exact) mass is 367 g/mol. The quantitative estimate of drug-likeness (QED) is 0.532. The van der Waals surface area contributed by atoms with E-state index >= 15 is 0 Å². The molecule has 26 heavy (non-hydrogen) atoms. The SMILES string of the molecule is Cc1nn(C(C)C)c(C)c1CN(CCc1ccccc1)Cc1cccs1. The molecule has 0 spiro atoms. The maximum Gasteiger partial charge on any atom is 0.0641 e. The first-order valence-corrected chi connectivity index (χ1v) is 10.3. The van der Waals surface area contributed by atoms with E-state index < -0.39 is 0 Å². The summed E-state index contributed by atoms with van der Waals surface area (Å²) in [6.07, 6.45) is 1.07. The smallest absolute Gasteiger partial charge is 0.0641 e. The molecule has 0 aliphatic heterocycles. The topological polar surface area (TPSA) is 21.1 Å². The first kappa shape index (κ1) is 18.9. The minimum Gasteiger partial charge on any atom is -0.294 e. The number of thiophene rings is 1. The van der Waals surface area contributed by atoms with Crippen molar-refractivity contribution in [2.45, 2.75) is 53.2 Å². The van der Waals surface area contributed by atoms with Gasteiger partial charge in [0.2, 0.25) is 0 Å². The fraction of sp³-hybridized carbons (Fsp3) is 0.409. The number of benzene rings is 1. The summed E-state index contributed by atoms with van der Waals surface area (Å²) in [7, 11) is 0. The summed E-state index contributed by atoms with van der Waals surface area (Å²) in [5.74, 6) is 0. The van der Waals surface area contributed by atoms with Gasteiger partial charge in [0.15, 0.2) is 0 Å². The van der Waals surface area contributed by atoms with E-state index in [0.717, 1.165) is 31.7 Å². The Kier molecular flexibility index (Phi) is 6.28. The van der Waals surface area contributed by atoms with E-state index in [1.807, 2.05) is 11.3 Å². The lowest BCUT2D eigenvalue weighted by atomic mass is 10.1. The summed E-state index contributed by atoms with van der Waals surface area (Å²) in [6, 6.07) is 15.5. The number of aryl methyl sites for hydroxylation is 1. The molecule has 0 saturated carbocycles. The van der Waals surface area contributed by atoms with Crippen LogP contribution in [0.5, 0.6) is 0 Å². The second-order valence-corrected chi connectivity index (χ2v) is 8.25. The molecule has 2 aromatic heterocycles. The van der Waals surface area contributed by atoms with Crippen LogP contribution in [0.1, 0.15) is 47.3 Å². The highest BCUT2D eigenvalue weighted by molar-refractivity contribution is 7.09. The summed E-state index contributed by atoms with van der Waals surface area (Å²) in [5.41, 5.74) is 5.23. The first-order valence-electron chi connectivity index (χ1n) is 9.38. The highest BCUT2D eigenvalue weighted by Gasteiger charge is 2.17. The number of hydrogen-bond acceptors (Lipinski definition) is 3. The third-order valence-electron chi connectivity index (χ3n) is 4.86. The maximum atomic E-state index is 4.77. The lowest BCUT2D eigenvalue weighted by molar-refractivity contribution is 0.261. The van der Waals surface area contributed by atoms with Gasteiger partial charge in [0, 0.05) is 41.8 Å². The highest BCUT2D eigenvalue weighted by atomic mass is 32.1. The normalized spacial score (nSPS) is 11.6. The van der Waals surface area contributed by atoms with E-state index in [4.69, 9.17) is 5.10 Å². The van der Waals surface area contributed by atoms with Crippen LogP contribution in [-0.2, 0) is 19.5 Å². The molecule has 3 nitrogen and oxygen atoms in total. The zero-order chi connectivity index (χ0) is 18.5. The van der Waals surface area contributed by atoms with Gasteiger partial charge >= 0.3 is 0 Å². The molecule has 0 aliphatic carbocycles. The van der Waals surface area contributed by atoms with E-state index in [1.54, 1.807) is 0 Å². The van der Waals surface area contributed by atoms with E-state index in [1.165, 1.54) is 21.7 Å². The van der Waals surface area contributed by atoms with E-state index in [-0.39, 0.29) is 0 Å². The van der Waals surface area contributed by atoms with Crippen LogP contribution < -0.4 is 0 Å². The second kappa shape index (κ2) is 8.65. The van der Waals surface area contributed by atoms with Crippen molar-refractivity contribution in [1.29, 1.82) is 0 Å². The Balaban J connectivity index is 1.77. The predicted molar refractivity (Wildman–Crippen MR) is 111 cm³/mol. The number of aromatic nitrogens is 2. The van der Waals surface area contributed by atoms with Crippen LogP contribution in [0.3, 0.4) is 0 Å². The van der Waals surface area contributed by atoms with Crippen LogP contribution >= 0.6 is 11.3 Å². The van der Waals surface area contributed by atoms with Gasteiger partial charge in [0.05, 0.1) is 5.69 Å². The molecule has 138 valence electrons. The van der Waals surface area contributed by atoms with Crippen molar-refractivity contribution in [3.63, 3.8) is 0 Å². The molecule has 0 saturated heterocycles. The summed E-state index contributed by atoms with van der Waals surface area (Å²) in [6.45, 7) is 11.7. The Bertz CT molecular complexity index is 804. The molecule has 0 N–H and O–H groups in total. The van der Waals surface area contributed by atoms with Gasteiger partial charge in [-0.3, -0.25) is 9.58 Å². The molecule has 3 rings (SSSR count). The fourth-order valence-electron chi connectivity index (χ4n) is 3.42. The molecule has 0 bridgehead atoms. The van der Waals surface area contributed by atoms with Gasteiger partial charge in [0.25, 0.3) is 0 Å². The molecule has 0 amide bonds. The average Bonchev–Trinajstić information content (AvgIpc) is 3.23. The maximum absolute atomic E-state index is 4.77. The van der Waals surface area contributed by atoms with Gasteiger partial charge in [0.1, 0.15) is 0 Å². The van der Waals surface area contributed by atoms with E-state index in [9.17, 15) is 0 Å². The van der Waals surface area contributed by atoms with Crippen LogP contribution in [0.2, 0.25) is 0 Å². The van der Waals surface area contributed by atoms with Crippen molar-refractivity contribution < 1.29 is 0 Å².